The van der Waals surface area contributed by atoms with Crippen LogP contribution in [-0.2, 0) is 6.54 Å². The zero-order chi connectivity index (χ0) is 13.8. The Bertz CT molecular complexity index is 364. The lowest BCUT2D eigenvalue weighted by Crippen LogP contribution is -2.56. The van der Waals surface area contributed by atoms with Crippen molar-refractivity contribution >= 4 is 0 Å². The first-order valence-electron chi connectivity index (χ1n) is 5.81. The summed E-state index contributed by atoms with van der Waals surface area (Å²) in [5.74, 6) is -0.902. The molecule has 18 heavy (non-hydrogen) atoms. The van der Waals surface area contributed by atoms with E-state index in [1.54, 1.807) is 0 Å². The van der Waals surface area contributed by atoms with Crippen LogP contribution in [-0.4, -0.2) is 23.4 Å². The molecule has 0 aliphatic carbocycles. The first-order chi connectivity index (χ1) is 8.27. The van der Waals surface area contributed by atoms with Crippen molar-refractivity contribution in [3.63, 3.8) is 0 Å². The van der Waals surface area contributed by atoms with Crippen molar-refractivity contribution in [1.82, 2.24) is 5.32 Å². The molecule has 0 radical (unpaired) electrons. The summed E-state index contributed by atoms with van der Waals surface area (Å²) >= 11 is 0. The van der Waals surface area contributed by atoms with E-state index >= 15 is 0 Å². The highest BCUT2D eigenvalue weighted by Crippen LogP contribution is 2.35. The number of benzene rings is 1. The third-order valence-corrected chi connectivity index (χ3v) is 3.01. The first kappa shape index (κ1) is 15.0. The van der Waals surface area contributed by atoms with Crippen LogP contribution < -0.4 is 5.32 Å². The summed E-state index contributed by atoms with van der Waals surface area (Å²) in [6, 6.07) is 9.10. The molecule has 0 saturated carbocycles. The van der Waals surface area contributed by atoms with Gasteiger partial charge in [-0.05, 0) is 11.5 Å². The minimum Gasteiger partial charge on any atom is -0.379 e. The number of rotatable bonds is 5. The quantitative estimate of drug-likeness (QED) is 0.854. The summed E-state index contributed by atoms with van der Waals surface area (Å²) in [4.78, 5) is 0. The molecule has 0 heterocycles. The molecule has 102 valence electrons. The Morgan fingerprint density at radius 1 is 1.17 bits per heavy atom. The van der Waals surface area contributed by atoms with Crippen LogP contribution in [0.15, 0.2) is 30.3 Å². The molecule has 0 aliphatic heterocycles. The molecule has 0 bridgehead atoms. The summed E-state index contributed by atoms with van der Waals surface area (Å²) in [7, 11) is 0. The zero-order valence-electron chi connectivity index (χ0n) is 10.5. The molecule has 2 nitrogen and oxygen atoms in total. The highest BCUT2D eigenvalue weighted by molar-refractivity contribution is 5.14. The highest BCUT2D eigenvalue weighted by atomic mass is 19.4. The largest absolute Gasteiger partial charge is 0.418 e. The predicted octanol–water partition coefficient (Wildman–Crippen LogP) is 2.73. The number of alkyl halides is 3. The lowest BCUT2D eigenvalue weighted by molar-refractivity contribution is -0.273. The van der Waals surface area contributed by atoms with Gasteiger partial charge in [0.1, 0.15) is 0 Å². The molecule has 0 amide bonds. The molecule has 1 rings (SSSR count). The molecular formula is C13H18F3NO. The van der Waals surface area contributed by atoms with Crippen molar-refractivity contribution in [2.45, 2.75) is 32.2 Å². The van der Waals surface area contributed by atoms with Gasteiger partial charge in [0, 0.05) is 13.1 Å². The van der Waals surface area contributed by atoms with Gasteiger partial charge in [0.15, 0.2) is 5.60 Å². The smallest absolute Gasteiger partial charge is 0.379 e. The van der Waals surface area contributed by atoms with E-state index in [9.17, 15) is 18.3 Å². The SMILES string of the molecule is CC(C)[C@](O)(CNCc1ccccc1)C(F)(F)F. The van der Waals surface area contributed by atoms with Crippen LogP contribution in [0.4, 0.5) is 13.2 Å². The van der Waals surface area contributed by atoms with Crippen molar-refractivity contribution in [2.75, 3.05) is 6.54 Å². The van der Waals surface area contributed by atoms with Crippen molar-refractivity contribution in [2.24, 2.45) is 5.92 Å². The molecule has 0 aromatic heterocycles. The molecule has 5 heteroatoms. The molecule has 0 spiro atoms. The Labute approximate surface area is 105 Å². The Hall–Kier alpha value is -1.07. The Balaban J connectivity index is 2.60. The summed E-state index contributed by atoms with van der Waals surface area (Å²) in [6.07, 6.45) is -4.63. The van der Waals surface area contributed by atoms with Crippen molar-refractivity contribution < 1.29 is 18.3 Å². The van der Waals surface area contributed by atoms with E-state index in [0.29, 0.717) is 6.54 Å². The molecule has 1 atom stereocenters. The average molecular weight is 261 g/mol. The van der Waals surface area contributed by atoms with Gasteiger partial charge in [-0.3, -0.25) is 0 Å². The van der Waals surface area contributed by atoms with E-state index in [4.69, 9.17) is 0 Å². The second-order valence-electron chi connectivity index (χ2n) is 4.67. The van der Waals surface area contributed by atoms with E-state index < -0.39 is 24.2 Å². The second-order valence-corrected chi connectivity index (χ2v) is 4.67. The van der Waals surface area contributed by atoms with E-state index in [1.807, 2.05) is 30.3 Å². The molecule has 0 aliphatic rings. The van der Waals surface area contributed by atoms with Gasteiger partial charge in [-0.15, -0.1) is 0 Å². The minimum atomic E-state index is -4.63. The van der Waals surface area contributed by atoms with Gasteiger partial charge in [-0.25, -0.2) is 0 Å². The third kappa shape index (κ3) is 3.46. The van der Waals surface area contributed by atoms with Crippen LogP contribution in [0.3, 0.4) is 0 Å². The van der Waals surface area contributed by atoms with Crippen LogP contribution in [0.1, 0.15) is 19.4 Å². The maximum absolute atomic E-state index is 12.8. The van der Waals surface area contributed by atoms with E-state index in [2.05, 4.69) is 5.32 Å². The van der Waals surface area contributed by atoms with Gasteiger partial charge in [-0.1, -0.05) is 44.2 Å². The average Bonchev–Trinajstić information content (AvgIpc) is 2.28. The molecule has 1 aromatic carbocycles. The fraction of sp³-hybridized carbons (Fsp3) is 0.538. The van der Waals surface area contributed by atoms with Gasteiger partial charge in [0.2, 0.25) is 0 Å². The Morgan fingerprint density at radius 2 is 1.72 bits per heavy atom. The third-order valence-electron chi connectivity index (χ3n) is 3.01. The number of aliphatic hydroxyl groups is 1. The predicted molar refractivity (Wildman–Crippen MR) is 64.0 cm³/mol. The van der Waals surface area contributed by atoms with Crippen LogP contribution in [0.5, 0.6) is 0 Å². The summed E-state index contributed by atoms with van der Waals surface area (Å²) < 4.78 is 38.4. The van der Waals surface area contributed by atoms with Gasteiger partial charge < -0.3 is 10.4 Å². The second kappa shape index (κ2) is 5.71. The van der Waals surface area contributed by atoms with Crippen LogP contribution in [0.2, 0.25) is 0 Å². The molecule has 1 aromatic rings. The summed E-state index contributed by atoms with van der Waals surface area (Å²) in [5, 5.41) is 12.4. The van der Waals surface area contributed by atoms with Crippen LogP contribution in [0, 0.1) is 5.92 Å². The fourth-order valence-corrected chi connectivity index (χ4v) is 1.62. The molecule has 0 unspecified atom stereocenters. The highest BCUT2D eigenvalue weighted by Gasteiger charge is 2.55. The molecule has 2 N–H and O–H groups in total. The molecule has 0 fully saturated rings. The Morgan fingerprint density at radius 3 is 2.17 bits per heavy atom. The fourth-order valence-electron chi connectivity index (χ4n) is 1.62. The van der Waals surface area contributed by atoms with E-state index in [1.165, 1.54) is 13.8 Å². The monoisotopic (exact) mass is 261 g/mol. The van der Waals surface area contributed by atoms with Crippen LogP contribution >= 0.6 is 0 Å². The number of nitrogens with one attached hydrogen (secondary N) is 1. The zero-order valence-corrected chi connectivity index (χ0v) is 10.5. The van der Waals surface area contributed by atoms with Gasteiger partial charge >= 0.3 is 6.18 Å². The van der Waals surface area contributed by atoms with Gasteiger partial charge in [0.05, 0.1) is 0 Å². The standard InChI is InChI=1S/C13H18F3NO/c1-10(2)12(18,13(14,15)16)9-17-8-11-6-4-3-5-7-11/h3-7,10,17-18H,8-9H2,1-2H3/t12-/m1/s1. The van der Waals surface area contributed by atoms with Crippen molar-refractivity contribution in [1.29, 1.82) is 0 Å². The van der Waals surface area contributed by atoms with Crippen LogP contribution in [0.25, 0.3) is 0 Å². The maximum Gasteiger partial charge on any atom is 0.418 e. The topological polar surface area (TPSA) is 32.3 Å². The Kier molecular flexibility index (Phi) is 4.76. The van der Waals surface area contributed by atoms with E-state index in [-0.39, 0.29) is 0 Å². The number of hydrogen-bond acceptors (Lipinski definition) is 2. The lowest BCUT2D eigenvalue weighted by Gasteiger charge is -2.34. The van der Waals surface area contributed by atoms with Gasteiger partial charge in [-0.2, -0.15) is 13.2 Å². The number of halogens is 3. The van der Waals surface area contributed by atoms with Gasteiger partial charge in [0.25, 0.3) is 0 Å². The summed E-state index contributed by atoms with van der Waals surface area (Å²) in [6.45, 7) is 2.50. The molecular weight excluding hydrogens is 243 g/mol. The maximum atomic E-state index is 12.8. The summed E-state index contributed by atoms with van der Waals surface area (Å²) in [5.41, 5.74) is -1.81. The molecule has 0 saturated heterocycles. The van der Waals surface area contributed by atoms with Crippen molar-refractivity contribution in [3.05, 3.63) is 35.9 Å². The van der Waals surface area contributed by atoms with E-state index in [0.717, 1.165) is 5.56 Å². The minimum absolute atomic E-state index is 0.298. The number of hydrogen-bond donors (Lipinski definition) is 2. The normalized spacial score (nSPS) is 15.7. The first-order valence-corrected chi connectivity index (χ1v) is 5.81. The lowest BCUT2D eigenvalue weighted by atomic mass is 9.89. The van der Waals surface area contributed by atoms with Crippen molar-refractivity contribution in [3.8, 4) is 0 Å².